The van der Waals surface area contributed by atoms with Crippen LogP contribution in [0.4, 0.5) is 4.39 Å². The number of ether oxygens (including phenoxy) is 1. The zero-order chi connectivity index (χ0) is 15.2. The Balaban J connectivity index is 1.85. The Morgan fingerprint density at radius 1 is 1.52 bits per heavy atom. The largest absolute Gasteiger partial charge is 0.494 e. The highest BCUT2D eigenvalue weighted by molar-refractivity contribution is 9.09. The van der Waals surface area contributed by atoms with Crippen molar-refractivity contribution in [1.29, 1.82) is 0 Å². The van der Waals surface area contributed by atoms with Crippen molar-refractivity contribution in [1.82, 2.24) is 5.32 Å². The number of amides is 1. The maximum atomic E-state index is 13.3. The Morgan fingerprint density at radius 3 is 3.00 bits per heavy atom. The van der Waals surface area contributed by atoms with Gasteiger partial charge in [-0.15, -0.1) is 0 Å². The highest BCUT2D eigenvalue weighted by atomic mass is 79.9. The van der Waals surface area contributed by atoms with Crippen molar-refractivity contribution in [2.75, 3.05) is 7.11 Å². The number of aryl methyl sites for hydroxylation is 1. The molecule has 21 heavy (non-hydrogen) atoms. The van der Waals surface area contributed by atoms with Crippen molar-refractivity contribution in [2.45, 2.75) is 24.1 Å². The van der Waals surface area contributed by atoms with Crippen LogP contribution in [-0.4, -0.2) is 17.8 Å². The molecule has 0 aliphatic heterocycles. The van der Waals surface area contributed by atoms with Gasteiger partial charge in [-0.1, -0.05) is 34.1 Å². The molecule has 1 amide bonds. The molecular weight excluding hydrogens is 337 g/mol. The van der Waals surface area contributed by atoms with Gasteiger partial charge in [-0.3, -0.25) is 4.79 Å². The molecule has 0 fully saturated rings. The second kappa shape index (κ2) is 7.41. The van der Waals surface area contributed by atoms with Crippen molar-refractivity contribution in [2.24, 2.45) is 0 Å². The maximum absolute atomic E-state index is 13.3. The van der Waals surface area contributed by atoms with Gasteiger partial charge in [0.1, 0.15) is 0 Å². The minimum absolute atomic E-state index is 0.0535. The number of halogens is 2. The Morgan fingerprint density at radius 2 is 2.33 bits per heavy atom. The van der Waals surface area contributed by atoms with E-state index in [4.69, 9.17) is 4.74 Å². The minimum atomic E-state index is -0.396. The number of nitrogens with one attached hydrogen (secondary N) is 1. The zero-order valence-corrected chi connectivity index (χ0v) is 13.3. The van der Waals surface area contributed by atoms with Crippen molar-refractivity contribution in [3.63, 3.8) is 0 Å². The molecule has 1 aromatic carbocycles. The molecule has 0 radical (unpaired) electrons. The van der Waals surface area contributed by atoms with Gasteiger partial charge < -0.3 is 10.1 Å². The first-order valence-electron chi connectivity index (χ1n) is 6.73. The molecule has 5 heteroatoms. The van der Waals surface area contributed by atoms with Crippen LogP contribution in [0.3, 0.4) is 0 Å². The summed E-state index contributed by atoms with van der Waals surface area (Å²) >= 11 is 3.48. The van der Waals surface area contributed by atoms with Crippen LogP contribution in [-0.2, 0) is 11.2 Å². The fourth-order valence-electron chi connectivity index (χ4n) is 2.03. The number of rotatable bonds is 5. The quantitative estimate of drug-likeness (QED) is 0.822. The van der Waals surface area contributed by atoms with Crippen LogP contribution in [0.25, 0.3) is 0 Å². The van der Waals surface area contributed by atoms with Crippen LogP contribution in [0.1, 0.15) is 18.4 Å². The molecule has 1 unspecified atom stereocenters. The lowest BCUT2D eigenvalue weighted by molar-refractivity contribution is -0.120. The minimum Gasteiger partial charge on any atom is -0.494 e. The smallest absolute Gasteiger partial charge is 0.224 e. The molecule has 0 saturated carbocycles. The lowest BCUT2D eigenvalue weighted by atomic mass is 10.1. The number of hydrogen-bond donors (Lipinski definition) is 1. The van der Waals surface area contributed by atoms with Crippen LogP contribution in [0.2, 0.25) is 0 Å². The van der Waals surface area contributed by atoms with E-state index in [1.54, 1.807) is 12.1 Å². The van der Waals surface area contributed by atoms with Crippen LogP contribution in [0, 0.1) is 5.82 Å². The van der Waals surface area contributed by atoms with Crippen molar-refractivity contribution >= 4 is 21.8 Å². The van der Waals surface area contributed by atoms with Gasteiger partial charge >= 0.3 is 0 Å². The summed E-state index contributed by atoms with van der Waals surface area (Å²) in [6, 6.07) is 4.65. The molecule has 1 aliphatic rings. The second-order valence-corrected chi connectivity index (χ2v) is 5.96. The lowest BCUT2D eigenvalue weighted by Crippen LogP contribution is -2.23. The molecular formula is C16H17BrFNO2. The van der Waals surface area contributed by atoms with Crippen LogP contribution in [0.5, 0.6) is 5.75 Å². The Labute approximate surface area is 132 Å². The fraction of sp³-hybridized carbons (Fsp3) is 0.312. The molecule has 0 spiro atoms. The van der Waals surface area contributed by atoms with Gasteiger partial charge in [0, 0.05) is 16.9 Å². The van der Waals surface area contributed by atoms with E-state index < -0.39 is 5.82 Å². The molecule has 112 valence electrons. The SMILES string of the molecule is COc1cc(CCC(=O)NC2=CCC(Br)C=C2)ccc1F. The molecule has 0 aromatic heterocycles. The summed E-state index contributed by atoms with van der Waals surface area (Å²) in [4.78, 5) is 12.2. The number of allylic oxidation sites excluding steroid dienone is 3. The summed E-state index contributed by atoms with van der Waals surface area (Å²) in [5.74, 6) is -0.246. The monoisotopic (exact) mass is 353 g/mol. The van der Waals surface area contributed by atoms with Gasteiger partial charge in [-0.25, -0.2) is 4.39 Å². The topological polar surface area (TPSA) is 38.3 Å². The zero-order valence-electron chi connectivity index (χ0n) is 11.7. The van der Waals surface area contributed by atoms with E-state index in [1.807, 2.05) is 18.2 Å². The number of hydrogen-bond acceptors (Lipinski definition) is 2. The Hall–Kier alpha value is -1.62. The third-order valence-corrected chi connectivity index (χ3v) is 3.87. The summed E-state index contributed by atoms with van der Waals surface area (Å²) < 4.78 is 18.2. The molecule has 0 bridgehead atoms. The summed E-state index contributed by atoms with van der Waals surface area (Å²) in [6.07, 6.45) is 7.62. The van der Waals surface area contributed by atoms with E-state index in [-0.39, 0.29) is 11.7 Å². The number of carbonyl (C=O) groups is 1. The van der Waals surface area contributed by atoms with Gasteiger partial charge in [0.05, 0.1) is 7.11 Å². The van der Waals surface area contributed by atoms with Gasteiger partial charge in [0.15, 0.2) is 11.6 Å². The number of benzene rings is 1. The van der Waals surface area contributed by atoms with E-state index in [0.717, 1.165) is 17.7 Å². The Bertz CT molecular complexity index is 584. The summed E-state index contributed by atoms with van der Waals surface area (Å²) in [5, 5.41) is 2.86. The molecule has 1 aliphatic carbocycles. The summed E-state index contributed by atoms with van der Waals surface area (Å²) in [6.45, 7) is 0. The number of alkyl halides is 1. The molecule has 3 nitrogen and oxygen atoms in total. The van der Waals surface area contributed by atoms with E-state index in [9.17, 15) is 9.18 Å². The van der Waals surface area contributed by atoms with E-state index in [2.05, 4.69) is 21.2 Å². The third-order valence-electron chi connectivity index (χ3n) is 3.19. The van der Waals surface area contributed by atoms with Crippen molar-refractivity contribution < 1.29 is 13.9 Å². The van der Waals surface area contributed by atoms with E-state index in [1.165, 1.54) is 13.2 Å². The predicted molar refractivity (Wildman–Crippen MR) is 84.0 cm³/mol. The van der Waals surface area contributed by atoms with Crippen LogP contribution < -0.4 is 10.1 Å². The highest BCUT2D eigenvalue weighted by Gasteiger charge is 2.09. The average molecular weight is 354 g/mol. The molecule has 0 saturated heterocycles. The normalized spacial score (nSPS) is 17.3. The molecule has 1 aromatic rings. The standard InChI is InChI=1S/C16H17BrFNO2/c1-21-15-10-11(2-8-14(15)18)3-9-16(20)19-13-6-4-12(17)5-7-13/h2,4,6-8,10,12H,3,5,9H2,1H3,(H,19,20). The average Bonchev–Trinajstić information content (AvgIpc) is 2.49. The van der Waals surface area contributed by atoms with Gasteiger partial charge in [-0.05, 0) is 36.6 Å². The second-order valence-electron chi connectivity index (χ2n) is 4.79. The fourth-order valence-corrected chi connectivity index (χ4v) is 2.37. The third kappa shape index (κ3) is 4.70. The number of carbonyl (C=O) groups excluding carboxylic acids is 1. The van der Waals surface area contributed by atoms with E-state index in [0.29, 0.717) is 17.7 Å². The molecule has 1 atom stereocenters. The lowest BCUT2D eigenvalue weighted by Gasteiger charge is -2.12. The first-order chi connectivity index (χ1) is 10.1. The summed E-state index contributed by atoms with van der Waals surface area (Å²) in [7, 11) is 1.42. The van der Waals surface area contributed by atoms with Crippen LogP contribution >= 0.6 is 15.9 Å². The molecule has 1 N–H and O–H groups in total. The van der Waals surface area contributed by atoms with Gasteiger partial charge in [0.25, 0.3) is 0 Å². The molecule has 0 heterocycles. The van der Waals surface area contributed by atoms with E-state index >= 15 is 0 Å². The van der Waals surface area contributed by atoms with Crippen molar-refractivity contribution in [3.8, 4) is 5.75 Å². The predicted octanol–water partition coefficient (Wildman–Crippen LogP) is 3.49. The Kier molecular flexibility index (Phi) is 5.56. The van der Waals surface area contributed by atoms with Crippen LogP contribution in [0.15, 0.2) is 42.1 Å². The number of methoxy groups -OCH3 is 1. The van der Waals surface area contributed by atoms with Gasteiger partial charge in [0.2, 0.25) is 5.91 Å². The maximum Gasteiger partial charge on any atom is 0.224 e. The first-order valence-corrected chi connectivity index (χ1v) is 7.65. The molecule has 2 rings (SSSR count). The van der Waals surface area contributed by atoms with Crippen molar-refractivity contribution in [3.05, 3.63) is 53.5 Å². The van der Waals surface area contributed by atoms with Gasteiger partial charge in [-0.2, -0.15) is 0 Å². The highest BCUT2D eigenvalue weighted by Crippen LogP contribution is 2.19. The first kappa shape index (κ1) is 15.8. The summed E-state index contributed by atoms with van der Waals surface area (Å²) in [5.41, 5.74) is 1.70.